The fraction of sp³-hybridized carbons (Fsp3) is 0.308. The summed E-state index contributed by atoms with van der Waals surface area (Å²) < 4.78 is 10.8. The molecule has 2 aromatic carbocycles. The summed E-state index contributed by atoms with van der Waals surface area (Å²) >= 11 is 0. The molecule has 1 saturated heterocycles. The molecule has 5 rings (SSSR count). The number of nitrogen functional groups attached to an aromatic ring is 1. The number of hydrogen-bond donors (Lipinski definition) is 1. The molecule has 0 aliphatic carbocycles. The molecule has 2 N–H and O–H groups in total. The van der Waals surface area contributed by atoms with E-state index in [1.165, 1.54) is 11.1 Å². The summed E-state index contributed by atoms with van der Waals surface area (Å²) in [5, 5.41) is 0. The molecule has 9 nitrogen and oxygen atoms in total. The van der Waals surface area contributed by atoms with Crippen molar-refractivity contribution in [2.24, 2.45) is 0 Å². The lowest BCUT2D eigenvalue weighted by Crippen LogP contribution is -2.46. The monoisotopic (exact) mass is 471 g/mol. The molecule has 0 bridgehead atoms. The fourth-order valence-corrected chi connectivity index (χ4v) is 4.45. The van der Waals surface area contributed by atoms with Crippen LogP contribution in [-0.4, -0.2) is 65.2 Å². The van der Waals surface area contributed by atoms with Crippen LogP contribution in [0, 0.1) is 6.92 Å². The predicted octanol–water partition coefficient (Wildman–Crippen LogP) is 3.32. The van der Waals surface area contributed by atoms with Gasteiger partial charge >= 0.3 is 0 Å². The highest BCUT2D eigenvalue weighted by Gasteiger charge is 2.22. The lowest BCUT2D eigenvalue weighted by atomic mass is 10.1. The largest absolute Gasteiger partial charge is 0.493 e. The Kier molecular flexibility index (Phi) is 6.33. The average Bonchev–Trinajstić information content (AvgIpc) is 2.88. The molecule has 1 fully saturated rings. The lowest BCUT2D eigenvalue weighted by molar-refractivity contribution is 0.249. The molecule has 0 spiro atoms. The van der Waals surface area contributed by atoms with E-state index < -0.39 is 0 Å². The summed E-state index contributed by atoms with van der Waals surface area (Å²) in [5.74, 6) is 2.20. The Morgan fingerprint density at radius 3 is 2.46 bits per heavy atom. The topological polar surface area (TPSA) is 103 Å². The number of nitrogens with two attached hydrogens (primary N) is 1. The van der Waals surface area contributed by atoms with Gasteiger partial charge < -0.3 is 20.1 Å². The SMILES string of the molecule is COc1ccc(-c2cnc3nc(N)nc(N4CCN(Cc5cccc(C)c5)CC4)c3n2)cc1OC. The number of hydrogen-bond acceptors (Lipinski definition) is 9. The number of anilines is 2. The third-order valence-corrected chi connectivity index (χ3v) is 6.25. The number of aryl methyl sites for hydroxylation is 1. The number of ether oxygens (including phenoxy) is 2. The van der Waals surface area contributed by atoms with Crippen molar-refractivity contribution in [2.45, 2.75) is 13.5 Å². The zero-order valence-corrected chi connectivity index (χ0v) is 20.2. The molecule has 0 atom stereocenters. The van der Waals surface area contributed by atoms with Crippen LogP contribution in [-0.2, 0) is 6.54 Å². The molecule has 2 aromatic heterocycles. The van der Waals surface area contributed by atoms with Gasteiger partial charge in [0, 0.05) is 38.3 Å². The van der Waals surface area contributed by atoms with E-state index in [0.717, 1.165) is 44.1 Å². The first-order valence-corrected chi connectivity index (χ1v) is 11.6. The number of benzene rings is 2. The van der Waals surface area contributed by atoms with E-state index in [4.69, 9.17) is 20.2 Å². The number of aromatic nitrogens is 4. The minimum absolute atomic E-state index is 0.197. The van der Waals surface area contributed by atoms with Crippen LogP contribution < -0.4 is 20.1 Å². The van der Waals surface area contributed by atoms with Crippen molar-refractivity contribution in [2.75, 3.05) is 51.0 Å². The molecule has 0 saturated carbocycles. The molecule has 4 aromatic rings. The first-order valence-electron chi connectivity index (χ1n) is 11.6. The van der Waals surface area contributed by atoms with E-state index in [9.17, 15) is 0 Å². The van der Waals surface area contributed by atoms with E-state index in [0.29, 0.717) is 28.4 Å². The Morgan fingerprint density at radius 1 is 0.914 bits per heavy atom. The fourth-order valence-electron chi connectivity index (χ4n) is 4.45. The number of piperazine rings is 1. The number of methoxy groups -OCH3 is 2. The summed E-state index contributed by atoms with van der Waals surface area (Å²) in [7, 11) is 3.23. The van der Waals surface area contributed by atoms with Crippen LogP contribution in [0.2, 0.25) is 0 Å². The van der Waals surface area contributed by atoms with E-state index in [2.05, 4.69) is 55.9 Å². The second-order valence-electron chi connectivity index (χ2n) is 8.65. The minimum atomic E-state index is 0.197. The van der Waals surface area contributed by atoms with Crippen molar-refractivity contribution in [3.8, 4) is 22.8 Å². The first kappa shape index (κ1) is 22.8. The van der Waals surface area contributed by atoms with Gasteiger partial charge in [0.1, 0.15) is 0 Å². The minimum Gasteiger partial charge on any atom is -0.493 e. The number of rotatable bonds is 6. The second kappa shape index (κ2) is 9.71. The standard InChI is InChI=1S/C26H29N7O2/c1-17-5-4-6-18(13-17)16-32-9-11-33(12-10-32)25-23-24(30-26(27)31-25)28-15-20(29-23)19-7-8-21(34-2)22(14-19)35-3/h4-8,13-15H,9-12,16H2,1-3H3,(H2,27,28,30,31). The van der Waals surface area contributed by atoms with Gasteiger partial charge in [-0.05, 0) is 30.7 Å². The van der Waals surface area contributed by atoms with Crippen LogP contribution in [0.3, 0.4) is 0 Å². The zero-order chi connectivity index (χ0) is 24.4. The number of fused-ring (bicyclic) bond motifs is 1. The van der Waals surface area contributed by atoms with E-state index in [1.807, 2.05) is 18.2 Å². The molecule has 0 radical (unpaired) electrons. The third kappa shape index (κ3) is 4.81. The Morgan fingerprint density at radius 2 is 1.71 bits per heavy atom. The Balaban J connectivity index is 1.41. The first-order chi connectivity index (χ1) is 17.0. The molecular weight excluding hydrogens is 442 g/mol. The van der Waals surface area contributed by atoms with Crippen LogP contribution in [0.1, 0.15) is 11.1 Å². The maximum absolute atomic E-state index is 6.04. The zero-order valence-electron chi connectivity index (χ0n) is 20.2. The lowest BCUT2D eigenvalue weighted by Gasteiger charge is -2.35. The summed E-state index contributed by atoms with van der Waals surface area (Å²) in [6.07, 6.45) is 1.69. The maximum atomic E-state index is 6.04. The van der Waals surface area contributed by atoms with Crippen molar-refractivity contribution in [3.63, 3.8) is 0 Å². The van der Waals surface area contributed by atoms with Gasteiger partial charge in [0.15, 0.2) is 28.5 Å². The van der Waals surface area contributed by atoms with Crippen molar-refractivity contribution in [1.29, 1.82) is 0 Å². The molecule has 35 heavy (non-hydrogen) atoms. The molecular formula is C26H29N7O2. The smallest absolute Gasteiger partial charge is 0.224 e. The highest BCUT2D eigenvalue weighted by Crippen LogP contribution is 2.32. The van der Waals surface area contributed by atoms with Gasteiger partial charge in [-0.25, -0.2) is 9.97 Å². The summed E-state index contributed by atoms with van der Waals surface area (Å²) in [4.78, 5) is 23.0. The average molecular weight is 472 g/mol. The van der Waals surface area contributed by atoms with Crippen molar-refractivity contribution in [1.82, 2.24) is 24.8 Å². The van der Waals surface area contributed by atoms with Gasteiger partial charge in [-0.1, -0.05) is 29.8 Å². The second-order valence-corrected chi connectivity index (χ2v) is 8.65. The van der Waals surface area contributed by atoms with E-state index in [-0.39, 0.29) is 5.95 Å². The van der Waals surface area contributed by atoms with Crippen LogP contribution in [0.4, 0.5) is 11.8 Å². The molecule has 0 amide bonds. The molecule has 1 aliphatic heterocycles. The molecule has 9 heteroatoms. The molecule has 1 aliphatic rings. The van der Waals surface area contributed by atoms with Gasteiger partial charge in [0.2, 0.25) is 5.95 Å². The Hall–Kier alpha value is -3.98. The summed E-state index contributed by atoms with van der Waals surface area (Å²) in [6, 6.07) is 14.3. The highest BCUT2D eigenvalue weighted by atomic mass is 16.5. The molecule has 180 valence electrons. The van der Waals surface area contributed by atoms with Gasteiger partial charge in [-0.15, -0.1) is 0 Å². The Labute approximate surface area is 204 Å². The molecule has 3 heterocycles. The predicted molar refractivity (Wildman–Crippen MR) is 137 cm³/mol. The van der Waals surface area contributed by atoms with Crippen LogP contribution in [0.15, 0.2) is 48.7 Å². The highest BCUT2D eigenvalue weighted by molar-refractivity contribution is 5.86. The third-order valence-electron chi connectivity index (χ3n) is 6.25. The van der Waals surface area contributed by atoms with Crippen molar-refractivity contribution >= 4 is 22.9 Å². The normalized spacial score (nSPS) is 14.3. The van der Waals surface area contributed by atoms with Crippen molar-refractivity contribution in [3.05, 3.63) is 59.8 Å². The summed E-state index contributed by atoms with van der Waals surface area (Å²) in [6.45, 7) is 6.54. The van der Waals surface area contributed by atoms with Crippen LogP contribution in [0.25, 0.3) is 22.4 Å². The van der Waals surface area contributed by atoms with E-state index >= 15 is 0 Å². The Bertz CT molecular complexity index is 1350. The van der Waals surface area contributed by atoms with Gasteiger partial charge in [-0.3, -0.25) is 4.90 Å². The van der Waals surface area contributed by atoms with Crippen molar-refractivity contribution < 1.29 is 9.47 Å². The van der Waals surface area contributed by atoms with E-state index in [1.54, 1.807) is 20.4 Å². The van der Waals surface area contributed by atoms with Gasteiger partial charge in [0.25, 0.3) is 0 Å². The van der Waals surface area contributed by atoms with Crippen LogP contribution >= 0.6 is 0 Å². The van der Waals surface area contributed by atoms with Gasteiger partial charge in [0.05, 0.1) is 26.1 Å². The summed E-state index contributed by atoms with van der Waals surface area (Å²) in [5.41, 5.74) is 11.3. The number of nitrogens with zero attached hydrogens (tertiary/aromatic N) is 6. The van der Waals surface area contributed by atoms with Gasteiger partial charge in [-0.2, -0.15) is 9.97 Å². The quantitative estimate of drug-likeness (QED) is 0.454. The maximum Gasteiger partial charge on any atom is 0.224 e. The van der Waals surface area contributed by atoms with Crippen LogP contribution in [0.5, 0.6) is 11.5 Å². The molecule has 0 unspecified atom stereocenters.